The first-order valence-corrected chi connectivity index (χ1v) is 4.39. The highest BCUT2D eigenvalue weighted by Gasteiger charge is 1.99. The summed E-state index contributed by atoms with van der Waals surface area (Å²) in [5.74, 6) is -0.619. The van der Waals surface area contributed by atoms with Crippen LogP contribution in [0.25, 0.3) is 0 Å². The number of carboxylic acid groups (broad SMARTS) is 1. The van der Waals surface area contributed by atoms with Crippen molar-refractivity contribution < 1.29 is 15.0 Å². The Morgan fingerprint density at radius 2 is 2.07 bits per heavy atom. The van der Waals surface area contributed by atoms with E-state index in [0.29, 0.717) is 13.0 Å². The normalized spacial score (nSPS) is 10.0. The molecule has 0 radical (unpaired) electrons. The lowest BCUT2D eigenvalue weighted by Crippen LogP contribution is -2.24. The average molecular weight is 195 g/mol. The van der Waals surface area contributed by atoms with Gasteiger partial charge in [-0.3, -0.25) is 4.79 Å². The molecule has 0 atom stereocenters. The Morgan fingerprint density at radius 1 is 1.36 bits per heavy atom. The van der Waals surface area contributed by atoms with Crippen LogP contribution in [-0.4, -0.2) is 29.3 Å². The molecule has 0 saturated heterocycles. The van der Waals surface area contributed by atoms with Gasteiger partial charge in [0.15, 0.2) is 0 Å². The van der Waals surface area contributed by atoms with E-state index >= 15 is 0 Å². The van der Waals surface area contributed by atoms with Gasteiger partial charge in [-0.15, -0.1) is 0 Å². The Morgan fingerprint density at radius 3 is 2.71 bits per heavy atom. The maximum absolute atomic E-state index is 10.2. The summed E-state index contributed by atoms with van der Waals surface area (Å²) in [6, 6.07) is 7.03. The van der Waals surface area contributed by atoms with E-state index in [4.69, 9.17) is 5.11 Å². The molecule has 0 heterocycles. The summed E-state index contributed by atoms with van der Waals surface area (Å²) in [5.41, 5.74) is 0.824. The van der Waals surface area contributed by atoms with Crippen molar-refractivity contribution in [1.82, 2.24) is 5.32 Å². The number of hydrogen-bond donors (Lipinski definition) is 3. The van der Waals surface area contributed by atoms with Crippen LogP contribution in [0.15, 0.2) is 24.3 Å². The summed E-state index contributed by atoms with van der Waals surface area (Å²) < 4.78 is 0. The minimum atomic E-state index is -0.873. The van der Waals surface area contributed by atoms with Gasteiger partial charge in [-0.1, -0.05) is 18.2 Å². The average Bonchev–Trinajstić information content (AvgIpc) is 2.15. The van der Waals surface area contributed by atoms with Crippen molar-refractivity contribution in [2.24, 2.45) is 0 Å². The van der Waals surface area contributed by atoms with E-state index in [9.17, 15) is 9.90 Å². The Kier molecular flexibility index (Phi) is 3.94. The first kappa shape index (κ1) is 10.5. The van der Waals surface area contributed by atoms with Gasteiger partial charge in [0.1, 0.15) is 5.75 Å². The molecule has 1 rings (SSSR count). The van der Waals surface area contributed by atoms with Crippen LogP contribution in [0.3, 0.4) is 0 Å². The summed E-state index contributed by atoms with van der Waals surface area (Å²) in [5, 5.41) is 20.5. The van der Waals surface area contributed by atoms with Gasteiger partial charge in [0.25, 0.3) is 0 Å². The first-order chi connectivity index (χ1) is 6.70. The molecule has 0 unspecified atom stereocenters. The molecule has 0 aromatic heterocycles. The van der Waals surface area contributed by atoms with E-state index in [0.717, 1.165) is 5.56 Å². The fourth-order valence-electron chi connectivity index (χ4n) is 1.14. The van der Waals surface area contributed by atoms with Crippen molar-refractivity contribution in [3.8, 4) is 5.75 Å². The molecular weight excluding hydrogens is 182 g/mol. The van der Waals surface area contributed by atoms with Gasteiger partial charge in [0.05, 0.1) is 6.54 Å². The SMILES string of the molecule is O=C(O)CNCCc1ccccc1O. The van der Waals surface area contributed by atoms with E-state index < -0.39 is 5.97 Å². The Hall–Kier alpha value is -1.55. The van der Waals surface area contributed by atoms with Crippen molar-refractivity contribution in [2.75, 3.05) is 13.1 Å². The largest absolute Gasteiger partial charge is 0.508 e. The number of benzene rings is 1. The third kappa shape index (κ3) is 3.45. The number of aliphatic carboxylic acids is 1. The summed E-state index contributed by atoms with van der Waals surface area (Å²) >= 11 is 0. The molecule has 1 aromatic rings. The number of rotatable bonds is 5. The van der Waals surface area contributed by atoms with Crippen LogP contribution in [0.4, 0.5) is 0 Å². The van der Waals surface area contributed by atoms with Crippen LogP contribution in [0.5, 0.6) is 5.75 Å². The van der Waals surface area contributed by atoms with Crippen molar-refractivity contribution in [2.45, 2.75) is 6.42 Å². The highest BCUT2D eigenvalue weighted by atomic mass is 16.4. The molecule has 14 heavy (non-hydrogen) atoms. The predicted molar refractivity (Wildman–Crippen MR) is 52.3 cm³/mol. The molecule has 0 amide bonds. The van der Waals surface area contributed by atoms with Gasteiger partial charge in [-0.2, -0.15) is 0 Å². The number of carbonyl (C=O) groups is 1. The summed E-state index contributed by atoms with van der Waals surface area (Å²) in [6.45, 7) is 0.497. The molecule has 0 bridgehead atoms. The number of phenols is 1. The number of nitrogens with one attached hydrogen (secondary N) is 1. The lowest BCUT2D eigenvalue weighted by molar-refractivity contribution is -0.135. The second-order valence-corrected chi connectivity index (χ2v) is 2.95. The molecule has 1 aromatic carbocycles. The molecule has 0 aliphatic heterocycles. The zero-order chi connectivity index (χ0) is 10.4. The van der Waals surface area contributed by atoms with Gasteiger partial charge in [0, 0.05) is 0 Å². The number of para-hydroxylation sites is 1. The van der Waals surface area contributed by atoms with E-state index in [1.54, 1.807) is 12.1 Å². The summed E-state index contributed by atoms with van der Waals surface area (Å²) in [4.78, 5) is 10.2. The maximum Gasteiger partial charge on any atom is 0.317 e. The first-order valence-electron chi connectivity index (χ1n) is 4.39. The van der Waals surface area contributed by atoms with Gasteiger partial charge in [-0.25, -0.2) is 0 Å². The minimum absolute atomic E-state index is 0.0480. The Balaban J connectivity index is 2.31. The molecule has 0 aliphatic rings. The third-order valence-electron chi connectivity index (χ3n) is 1.84. The zero-order valence-electron chi connectivity index (χ0n) is 7.73. The van der Waals surface area contributed by atoms with Crippen LogP contribution >= 0.6 is 0 Å². The topological polar surface area (TPSA) is 69.6 Å². The lowest BCUT2D eigenvalue weighted by atomic mass is 10.1. The number of carboxylic acids is 1. The highest BCUT2D eigenvalue weighted by Crippen LogP contribution is 2.15. The number of hydrogen-bond acceptors (Lipinski definition) is 3. The maximum atomic E-state index is 10.2. The van der Waals surface area contributed by atoms with Crippen molar-refractivity contribution in [1.29, 1.82) is 0 Å². The minimum Gasteiger partial charge on any atom is -0.508 e. The molecule has 4 nitrogen and oxygen atoms in total. The van der Waals surface area contributed by atoms with E-state index in [1.807, 2.05) is 12.1 Å². The van der Waals surface area contributed by atoms with Gasteiger partial charge in [0.2, 0.25) is 0 Å². The monoisotopic (exact) mass is 195 g/mol. The molecule has 76 valence electrons. The smallest absolute Gasteiger partial charge is 0.317 e. The van der Waals surface area contributed by atoms with Crippen LogP contribution < -0.4 is 5.32 Å². The molecule has 0 aliphatic carbocycles. The molecule has 0 fully saturated rings. The fraction of sp³-hybridized carbons (Fsp3) is 0.300. The van der Waals surface area contributed by atoms with Crippen LogP contribution in [0, 0.1) is 0 Å². The molecule has 0 saturated carbocycles. The van der Waals surface area contributed by atoms with Crippen LogP contribution in [-0.2, 0) is 11.2 Å². The molecular formula is C10H13NO3. The zero-order valence-corrected chi connectivity index (χ0v) is 7.73. The molecule has 0 spiro atoms. The Labute approximate surface area is 82.2 Å². The van der Waals surface area contributed by atoms with Crippen molar-refractivity contribution in [3.05, 3.63) is 29.8 Å². The lowest BCUT2D eigenvalue weighted by Gasteiger charge is -2.04. The molecule has 4 heteroatoms. The van der Waals surface area contributed by atoms with Gasteiger partial charge < -0.3 is 15.5 Å². The standard InChI is InChI=1S/C10H13NO3/c12-9-4-2-1-3-8(9)5-6-11-7-10(13)14/h1-4,11-12H,5-7H2,(H,13,14). The highest BCUT2D eigenvalue weighted by molar-refractivity contribution is 5.68. The van der Waals surface area contributed by atoms with Gasteiger partial charge >= 0.3 is 5.97 Å². The quantitative estimate of drug-likeness (QED) is 0.602. The summed E-state index contributed by atoms with van der Waals surface area (Å²) in [6.07, 6.45) is 0.625. The summed E-state index contributed by atoms with van der Waals surface area (Å²) in [7, 11) is 0. The fourth-order valence-corrected chi connectivity index (χ4v) is 1.14. The van der Waals surface area contributed by atoms with Crippen molar-refractivity contribution in [3.63, 3.8) is 0 Å². The predicted octanol–water partition coefficient (Wildman–Crippen LogP) is 0.609. The Bertz CT molecular complexity index is 312. The second kappa shape index (κ2) is 5.24. The van der Waals surface area contributed by atoms with Crippen molar-refractivity contribution >= 4 is 5.97 Å². The van der Waals surface area contributed by atoms with E-state index in [-0.39, 0.29) is 12.3 Å². The second-order valence-electron chi connectivity index (χ2n) is 2.95. The third-order valence-corrected chi connectivity index (χ3v) is 1.84. The van der Waals surface area contributed by atoms with Crippen LogP contribution in [0.1, 0.15) is 5.56 Å². The van der Waals surface area contributed by atoms with Gasteiger partial charge in [-0.05, 0) is 24.6 Å². The van der Waals surface area contributed by atoms with E-state index in [2.05, 4.69) is 5.32 Å². The number of aromatic hydroxyl groups is 1. The molecule has 3 N–H and O–H groups in total. The van der Waals surface area contributed by atoms with Crippen LogP contribution in [0.2, 0.25) is 0 Å². The van der Waals surface area contributed by atoms with E-state index in [1.165, 1.54) is 0 Å². The number of phenolic OH excluding ortho intramolecular Hbond substituents is 1.